The Bertz CT molecular complexity index is 323. The lowest BCUT2D eigenvalue weighted by atomic mass is 9.98. The van der Waals surface area contributed by atoms with Gasteiger partial charge in [0.15, 0.2) is 0 Å². The van der Waals surface area contributed by atoms with Gasteiger partial charge in [0.25, 0.3) is 0 Å². The molecule has 3 heteroatoms. The smallest absolute Gasteiger partial charge is 0.0331 e. The van der Waals surface area contributed by atoms with Gasteiger partial charge in [0.05, 0.1) is 0 Å². The van der Waals surface area contributed by atoms with E-state index in [1.807, 2.05) is 11.3 Å². The molecule has 0 bridgehead atoms. The molecule has 0 radical (unpaired) electrons. The van der Waals surface area contributed by atoms with Gasteiger partial charge < -0.3 is 5.32 Å². The molecule has 2 saturated heterocycles. The van der Waals surface area contributed by atoms with Gasteiger partial charge in [0.1, 0.15) is 0 Å². The SMILES string of the molecule is c1csc(CN2CCCC[C@H]3CNC[C@H]32)c1. The molecule has 2 fully saturated rings. The van der Waals surface area contributed by atoms with Crippen LogP contribution in [-0.2, 0) is 6.54 Å². The maximum Gasteiger partial charge on any atom is 0.0331 e. The maximum atomic E-state index is 3.56. The molecular formula is C13H20N2S. The summed E-state index contributed by atoms with van der Waals surface area (Å²) in [4.78, 5) is 4.23. The van der Waals surface area contributed by atoms with Gasteiger partial charge in [-0.25, -0.2) is 0 Å². The van der Waals surface area contributed by atoms with E-state index in [2.05, 4.69) is 27.7 Å². The van der Waals surface area contributed by atoms with Gasteiger partial charge >= 0.3 is 0 Å². The Morgan fingerprint density at radius 1 is 1.38 bits per heavy atom. The van der Waals surface area contributed by atoms with E-state index in [4.69, 9.17) is 0 Å². The van der Waals surface area contributed by atoms with Crippen molar-refractivity contribution >= 4 is 11.3 Å². The molecule has 0 spiro atoms. The second-order valence-electron chi connectivity index (χ2n) is 5.03. The summed E-state index contributed by atoms with van der Waals surface area (Å²) in [5, 5.41) is 5.76. The average Bonchev–Trinajstić information content (AvgIpc) is 2.90. The van der Waals surface area contributed by atoms with Gasteiger partial charge in [-0.1, -0.05) is 12.5 Å². The summed E-state index contributed by atoms with van der Waals surface area (Å²) >= 11 is 1.90. The molecule has 3 rings (SSSR count). The van der Waals surface area contributed by atoms with E-state index in [1.165, 1.54) is 50.3 Å². The molecule has 2 aliphatic heterocycles. The van der Waals surface area contributed by atoms with Gasteiger partial charge in [-0.2, -0.15) is 0 Å². The fourth-order valence-electron chi connectivity index (χ4n) is 3.13. The summed E-state index contributed by atoms with van der Waals surface area (Å²) in [5.41, 5.74) is 0. The third kappa shape index (κ3) is 2.17. The molecule has 2 nitrogen and oxygen atoms in total. The predicted octanol–water partition coefficient (Wildman–Crippen LogP) is 2.32. The number of nitrogens with zero attached hydrogens (tertiary/aromatic N) is 1. The van der Waals surface area contributed by atoms with Crippen molar-refractivity contribution in [3.05, 3.63) is 22.4 Å². The monoisotopic (exact) mass is 236 g/mol. The summed E-state index contributed by atoms with van der Waals surface area (Å²) in [6, 6.07) is 5.24. The van der Waals surface area contributed by atoms with E-state index in [1.54, 1.807) is 0 Å². The Morgan fingerprint density at radius 3 is 3.25 bits per heavy atom. The molecule has 2 atom stereocenters. The van der Waals surface area contributed by atoms with E-state index in [0.29, 0.717) is 0 Å². The Labute approximate surface area is 102 Å². The Kier molecular flexibility index (Phi) is 3.27. The van der Waals surface area contributed by atoms with Crippen LogP contribution in [0.25, 0.3) is 0 Å². The van der Waals surface area contributed by atoms with E-state index < -0.39 is 0 Å². The fraction of sp³-hybridized carbons (Fsp3) is 0.692. The van der Waals surface area contributed by atoms with E-state index in [0.717, 1.165) is 12.0 Å². The quantitative estimate of drug-likeness (QED) is 0.848. The second kappa shape index (κ2) is 4.86. The van der Waals surface area contributed by atoms with Crippen molar-refractivity contribution in [1.29, 1.82) is 0 Å². The van der Waals surface area contributed by atoms with Crippen LogP contribution in [-0.4, -0.2) is 30.6 Å². The van der Waals surface area contributed by atoms with Crippen molar-refractivity contribution in [3.63, 3.8) is 0 Å². The van der Waals surface area contributed by atoms with Crippen LogP contribution in [0.4, 0.5) is 0 Å². The van der Waals surface area contributed by atoms with E-state index in [-0.39, 0.29) is 0 Å². The van der Waals surface area contributed by atoms with Crippen LogP contribution in [0.2, 0.25) is 0 Å². The van der Waals surface area contributed by atoms with Gasteiger partial charge in [-0.3, -0.25) is 4.90 Å². The van der Waals surface area contributed by atoms with Crippen LogP contribution in [0.3, 0.4) is 0 Å². The lowest BCUT2D eigenvalue weighted by molar-refractivity contribution is 0.180. The zero-order chi connectivity index (χ0) is 10.8. The van der Waals surface area contributed by atoms with Crippen molar-refractivity contribution in [2.75, 3.05) is 19.6 Å². The molecule has 16 heavy (non-hydrogen) atoms. The molecule has 2 aliphatic rings. The first-order valence-electron chi connectivity index (χ1n) is 6.40. The maximum absolute atomic E-state index is 3.56. The Balaban J connectivity index is 1.71. The van der Waals surface area contributed by atoms with Gasteiger partial charge in [-0.05, 0) is 43.3 Å². The van der Waals surface area contributed by atoms with Crippen LogP contribution in [0, 0.1) is 5.92 Å². The summed E-state index contributed by atoms with van der Waals surface area (Å²) in [7, 11) is 0. The zero-order valence-electron chi connectivity index (χ0n) is 9.69. The molecule has 1 N–H and O–H groups in total. The number of nitrogens with one attached hydrogen (secondary N) is 1. The second-order valence-corrected chi connectivity index (χ2v) is 6.06. The van der Waals surface area contributed by atoms with Gasteiger partial charge in [-0.15, -0.1) is 11.3 Å². The minimum atomic E-state index is 0.796. The number of hydrogen-bond acceptors (Lipinski definition) is 3. The molecule has 0 aromatic carbocycles. The molecular weight excluding hydrogens is 216 g/mol. The summed E-state index contributed by atoms with van der Waals surface area (Å²) in [6.07, 6.45) is 4.24. The number of hydrogen-bond donors (Lipinski definition) is 1. The first-order chi connectivity index (χ1) is 7.93. The highest BCUT2D eigenvalue weighted by Gasteiger charge is 2.33. The molecule has 1 aromatic heterocycles. The normalized spacial score (nSPS) is 31.2. The highest BCUT2D eigenvalue weighted by molar-refractivity contribution is 7.09. The summed E-state index contributed by atoms with van der Waals surface area (Å²) in [5.74, 6) is 0.905. The molecule has 0 aliphatic carbocycles. The number of rotatable bonds is 2. The zero-order valence-corrected chi connectivity index (χ0v) is 10.5. The van der Waals surface area contributed by atoms with Crippen LogP contribution < -0.4 is 5.32 Å². The van der Waals surface area contributed by atoms with Gasteiger partial charge in [0, 0.05) is 24.0 Å². The lowest BCUT2D eigenvalue weighted by Crippen LogP contribution is -2.39. The minimum absolute atomic E-state index is 0.796. The standard InChI is InChI=1S/C13H20N2S/c1-2-6-15(10-12-5-3-7-16-12)13-9-14-8-11(13)4-1/h3,5,7,11,13-14H,1-2,4,6,8-10H2/t11-,13+/m0/s1. The first kappa shape index (κ1) is 10.8. The van der Waals surface area contributed by atoms with Crippen LogP contribution >= 0.6 is 11.3 Å². The molecule has 0 saturated carbocycles. The molecule has 88 valence electrons. The third-order valence-corrected chi connectivity index (χ3v) is 4.84. The van der Waals surface area contributed by atoms with Crippen LogP contribution in [0.15, 0.2) is 17.5 Å². The van der Waals surface area contributed by atoms with Crippen molar-refractivity contribution in [2.45, 2.75) is 31.8 Å². The summed E-state index contributed by atoms with van der Waals surface area (Å²) in [6.45, 7) is 4.91. The predicted molar refractivity (Wildman–Crippen MR) is 68.7 cm³/mol. The van der Waals surface area contributed by atoms with E-state index in [9.17, 15) is 0 Å². The highest BCUT2D eigenvalue weighted by atomic mass is 32.1. The molecule has 3 heterocycles. The van der Waals surface area contributed by atoms with Crippen molar-refractivity contribution in [3.8, 4) is 0 Å². The fourth-order valence-corrected chi connectivity index (χ4v) is 3.86. The van der Waals surface area contributed by atoms with Crippen molar-refractivity contribution < 1.29 is 0 Å². The number of thiophene rings is 1. The molecule has 1 aromatic rings. The number of fused-ring (bicyclic) bond motifs is 1. The van der Waals surface area contributed by atoms with Crippen molar-refractivity contribution in [1.82, 2.24) is 10.2 Å². The summed E-state index contributed by atoms with van der Waals surface area (Å²) < 4.78 is 0. The molecule has 0 unspecified atom stereocenters. The van der Waals surface area contributed by atoms with Gasteiger partial charge in [0.2, 0.25) is 0 Å². The van der Waals surface area contributed by atoms with E-state index >= 15 is 0 Å². The largest absolute Gasteiger partial charge is 0.315 e. The third-order valence-electron chi connectivity index (χ3n) is 3.98. The first-order valence-corrected chi connectivity index (χ1v) is 7.28. The Hall–Kier alpha value is -0.380. The van der Waals surface area contributed by atoms with Crippen molar-refractivity contribution in [2.24, 2.45) is 5.92 Å². The Morgan fingerprint density at radius 2 is 2.38 bits per heavy atom. The highest BCUT2D eigenvalue weighted by Crippen LogP contribution is 2.27. The molecule has 0 amide bonds. The van der Waals surface area contributed by atoms with Crippen LogP contribution in [0.5, 0.6) is 0 Å². The topological polar surface area (TPSA) is 15.3 Å². The lowest BCUT2D eigenvalue weighted by Gasteiger charge is -2.29. The number of likely N-dealkylation sites (tertiary alicyclic amines) is 1. The minimum Gasteiger partial charge on any atom is -0.315 e. The average molecular weight is 236 g/mol. The van der Waals surface area contributed by atoms with Crippen LogP contribution in [0.1, 0.15) is 24.1 Å².